The van der Waals surface area contributed by atoms with Crippen LogP contribution in [0.1, 0.15) is 11.6 Å². The highest BCUT2D eigenvalue weighted by atomic mass is 16.5. The molecule has 3 heterocycles. The molecule has 1 fully saturated rings. The van der Waals surface area contributed by atoms with Gasteiger partial charge in [0, 0.05) is 19.6 Å². The average Bonchev–Trinajstić information content (AvgIpc) is 3.09. The summed E-state index contributed by atoms with van der Waals surface area (Å²) in [7, 11) is 0. The molecule has 1 aliphatic rings. The summed E-state index contributed by atoms with van der Waals surface area (Å²) in [5.74, 6) is 1.09. The molecule has 0 aliphatic carbocycles. The van der Waals surface area contributed by atoms with Gasteiger partial charge in [0.05, 0.1) is 25.1 Å². The smallest absolute Gasteiger partial charge is 0.266 e. The average molecular weight is 265 g/mol. The zero-order valence-corrected chi connectivity index (χ0v) is 10.4. The second-order valence-corrected chi connectivity index (χ2v) is 4.20. The van der Waals surface area contributed by atoms with Crippen LogP contribution in [0, 0.1) is 0 Å². The first-order valence-corrected chi connectivity index (χ1v) is 6.09. The lowest BCUT2D eigenvalue weighted by molar-refractivity contribution is 0.121. The molecule has 1 aliphatic heterocycles. The van der Waals surface area contributed by atoms with E-state index in [1.54, 1.807) is 10.9 Å². The first-order valence-electron chi connectivity index (χ1n) is 6.09. The standard InChI is InChI=1S/C10H15N7O2/c11-5-8-6-17(15-13-8)7-9-12-10(14-19-9)16-1-3-18-4-2-16/h6H,1-5,7,11H2. The molecule has 0 unspecified atom stereocenters. The second-order valence-electron chi connectivity index (χ2n) is 4.20. The van der Waals surface area contributed by atoms with Crippen LogP contribution >= 0.6 is 0 Å². The van der Waals surface area contributed by atoms with Crippen LogP contribution in [0.25, 0.3) is 0 Å². The van der Waals surface area contributed by atoms with Crippen LogP contribution in [0.4, 0.5) is 5.95 Å². The molecular weight excluding hydrogens is 250 g/mol. The number of aromatic nitrogens is 5. The third-order valence-corrected chi connectivity index (χ3v) is 2.84. The summed E-state index contributed by atoms with van der Waals surface area (Å²) in [6.45, 7) is 3.69. The molecule has 0 radical (unpaired) electrons. The zero-order valence-electron chi connectivity index (χ0n) is 10.4. The Morgan fingerprint density at radius 3 is 2.89 bits per heavy atom. The molecule has 0 amide bonds. The molecular formula is C10H15N7O2. The summed E-state index contributed by atoms with van der Waals surface area (Å²) in [5, 5.41) is 11.8. The lowest BCUT2D eigenvalue weighted by Gasteiger charge is -2.24. The first-order chi connectivity index (χ1) is 9.35. The van der Waals surface area contributed by atoms with Crippen molar-refractivity contribution in [2.75, 3.05) is 31.2 Å². The molecule has 1 saturated heterocycles. The van der Waals surface area contributed by atoms with Crippen LogP contribution in [-0.4, -0.2) is 51.4 Å². The normalized spacial score (nSPS) is 15.9. The van der Waals surface area contributed by atoms with Crippen molar-refractivity contribution in [3.63, 3.8) is 0 Å². The Labute approximate surface area is 109 Å². The predicted octanol–water partition coefficient (Wildman–Crippen LogP) is -0.995. The third-order valence-electron chi connectivity index (χ3n) is 2.84. The fourth-order valence-corrected chi connectivity index (χ4v) is 1.85. The monoisotopic (exact) mass is 265 g/mol. The number of rotatable bonds is 4. The molecule has 2 aromatic rings. The van der Waals surface area contributed by atoms with Crippen molar-refractivity contribution in [1.82, 2.24) is 25.1 Å². The molecule has 19 heavy (non-hydrogen) atoms. The Morgan fingerprint density at radius 1 is 1.32 bits per heavy atom. The maximum Gasteiger partial charge on any atom is 0.266 e. The molecule has 0 aromatic carbocycles. The number of nitrogens with two attached hydrogens (primary N) is 1. The Kier molecular flexibility index (Phi) is 3.38. The molecule has 102 valence electrons. The number of morpholine rings is 1. The largest absolute Gasteiger partial charge is 0.378 e. The van der Waals surface area contributed by atoms with E-state index >= 15 is 0 Å². The highest BCUT2D eigenvalue weighted by molar-refractivity contribution is 5.27. The van der Waals surface area contributed by atoms with E-state index in [1.807, 2.05) is 4.90 Å². The maximum absolute atomic E-state index is 5.47. The van der Waals surface area contributed by atoms with E-state index in [9.17, 15) is 0 Å². The minimum Gasteiger partial charge on any atom is -0.378 e. The lowest BCUT2D eigenvalue weighted by Crippen LogP contribution is -2.36. The molecule has 2 N–H and O–H groups in total. The van der Waals surface area contributed by atoms with Gasteiger partial charge in [0.2, 0.25) is 5.89 Å². The van der Waals surface area contributed by atoms with Crippen molar-refractivity contribution < 1.29 is 9.26 Å². The zero-order chi connectivity index (χ0) is 13.1. The van der Waals surface area contributed by atoms with Gasteiger partial charge in [0.15, 0.2) is 0 Å². The Morgan fingerprint density at radius 2 is 2.16 bits per heavy atom. The Bertz CT molecular complexity index is 531. The van der Waals surface area contributed by atoms with Crippen molar-refractivity contribution in [2.24, 2.45) is 5.73 Å². The first kappa shape index (κ1) is 12.1. The van der Waals surface area contributed by atoms with Crippen LogP contribution in [0.15, 0.2) is 10.7 Å². The number of nitrogens with zero attached hydrogens (tertiary/aromatic N) is 6. The van der Waals surface area contributed by atoms with Crippen molar-refractivity contribution in [3.05, 3.63) is 17.8 Å². The summed E-state index contributed by atoms with van der Waals surface area (Å²) in [5.41, 5.74) is 6.20. The highest BCUT2D eigenvalue weighted by Crippen LogP contribution is 2.11. The Hall–Kier alpha value is -2.00. The van der Waals surface area contributed by atoms with Crippen molar-refractivity contribution in [1.29, 1.82) is 0 Å². The van der Waals surface area contributed by atoms with Crippen LogP contribution < -0.4 is 10.6 Å². The van der Waals surface area contributed by atoms with Crippen molar-refractivity contribution in [3.8, 4) is 0 Å². The summed E-state index contributed by atoms with van der Waals surface area (Å²) >= 11 is 0. The highest BCUT2D eigenvalue weighted by Gasteiger charge is 2.17. The Balaban J connectivity index is 1.67. The summed E-state index contributed by atoms with van der Waals surface area (Å²) < 4.78 is 12.1. The van der Waals surface area contributed by atoms with Gasteiger partial charge in [-0.2, -0.15) is 4.98 Å². The molecule has 9 nitrogen and oxygen atoms in total. The van der Waals surface area contributed by atoms with Gasteiger partial charge < -0.3 is 19.9 Å². The van der Waals surface area contributed by atoms with E-state index in [4.69, 9.17) is 15.0 Å². The second kappa shape index (κ2) is 5.33. The van der Waals surface area contributed by atoms with Gasteiger partial charge >= 0.3 is 0 Å². The van der Waals surface area contributed by atoms with Gasteiger partial charge in [0.25, 0.3) is 5.95 Å². The molecule has 0 spiro atoms. The molecule has 2 aromatic heterocycles. The molecule has 3 rings (SSSR count). The van der Waals surface area contributed by atoms with Crippen molar-refractivity contribution in [2.45, 2.75) is 13.1 Å². The van der Waals surface area contributed by atoms with Gasteiger partial charge in [-0.05, 0) is 5.16 Å². The van der Waals surface area contributed by atoms with Crippen LogP contribution in [-0.2, 0) is 17.8 Å². The SMILES string of the molecule is NCc1cn(Cc2nc(N3CCOCC3)no2)nn1. The molecule has 0 bridgehead atoms. The van der Waals surface area contributed by atoms with Crippen LogP contribution in [0.5, 0.6) is 0 Å². The van der Waals surface area contributed by atoms with E-state index in [0.29, 0.717) is 38.1 Å². The molecule has 0 saturated carbocycles. The summed E-state index contributed by atoms with van der Waals surface area (Å²) in [6, 6.07) is 0. The van der Waals surface area contributed by atoms with Gasteiger partial charge in [0.1, 0.15) is 6.54 Å². The van der Waals surface area contributed by atoms with E-state index < -0.39 is 0 Å². The number of hydrogen-bond acceptors (Lipinski definition) is 8. The van der Waals surface area contributed by atoms with E-state index in [-0.39, 0.29) is 0 Å². The summed E-state index contributed by atoms with van der Waals surface area (Å²) in [4.78, 5) is 6.37. The number of hydrogen-bond donors (Lipinski definition) is 1. The fourth-order valence-electron chi connectivity index (χ4n) is 1.85. The van der Waals surface area contributed by atoms with Gasteiger partial charge in [-0.3, -0.25) is 0 Å². The van der Waals surface area contributed by atoms with E-state index in [0.717, 1.165) is 18.8 Å². The lowest BCUT2D eigenvalue weighted by atomic mass is 10.4. The predicted molar refractivity (Wildman–Crippen MR) is 64.3 cm³/mol. The molecule has 9 heteroatoms. The summed E-state index contributed by atoms with van der Waals surface area (Å²) in [6.07, 6.45) is 1.76. The number of anilines is 1. The minimum atomic E-state index is 0.364. The topological polar surface area (TPSA) is 108 Å². The molecule has 0 atom stereocenters. The number of ether oxygens (including phenoxy) is 1. The van der Waals surface area contributed by atoms with Crippen LogP contribution in [0.3, 0.4) is 0 Å². The fraction of sp³-hybridized carbons (Fsp3) is 0.600. The van der Waals surface area contributed by atoms with E-state index in [2.05, 4.69) is 20.5 Å². The van der Waals surface area contributed by atoms with Gasteiger partial charge in [-0.25, -0.2) is 4.68 Å². The maximum atomic E-state index is 5.47. The van der Waals surface area contributed by atoms with E-state index in [1.165, 1.54) is 0 Å². The van der Waals surface area contributed by atoms with Gasteiger partial charge in [-0.15, -0.1) is 5.10 Å². The van der Waals surface area contributed by atoms with Gasteiger partial charge in [-0.1, -0.05) is 5.21 Å². The minimum absolute atomic E-state index is 0.364. The third kappa shape index (κ3) is 2.71. The quantitative estimate of drug-likeness (QED) is 0.750. The van der Waals surface area contributed by atoms with Crippen LogP contribution in [0.2, 0.25) is 0 Å². The van der Waals surface area contributed by atoms with Crippen molar-refractivity contribution >= 4 is 5.95 Å².